The molecule has 210 valence electrons. The molecular formula is C25H21ClF4N6O4. The van der Waals surface area contributed by atoms with E-state index >= 15 is 0 Å². The Morgan fingerprint density at radius 2 is 1.98 bits per heavy atom. The average Bonchev–Trinajstić information content (AvgIpc) is 3.42. The molecule has 4 rings (SSSR count). The van der Waals surface area contributed by atoms with Gasteiger partial charge in [-0.2, -0.15) is 13.2 Å². The second-order valence-electron chi connectivity index (χ2n) is 8.60. The Morgan fingerprint density at radius 3 is 2.60 bits per heavy atom. The number of aromatic nitrogens is 3. The smallest absolute Gasteiger partial charge is 0.418 e. The maximum atomic E-state index is 14.2. The molecule has 1 aliphatic heterocycles. The van der Waals surface area contributed by atoms with E-state index in [0.29, 0.717) is 0 Å². The van der Waals surface area contributed by atoms with Gasteiger partial charge in [-0.3, -0.25) is 14.6 Å². The molecule has 0 radical (unpaired) electrons. The molecule has 0 bridgehead atoms. The molecule has 3 heterocycles. The minimum absolute atomic E-state index is 0.00416. The summed E-state index contributed by atoms with van der Waals surface area (Å²) in [7, 11) is 1.38. The molecule has 1 aromatic carbocycles. The average molecular weight is 581 g/mol. The second-order valence-corrected chi connectivity index (χ2v) is 9.01. The Morgan fingerprint density at radius 1 is 1.23 bits per heavy atom. The van der Waals surface area contributed by atoms with Crippen LogP contribution in [0.1, 0.15) is 28.0 Å². The molecule has 0 spiro atoms. The van der Waals surface area contributed by atoms with Gasteiger partial charge < -0.3 is 20.1 Å². The lowest BCUT2D eigenvalue weighted by Gasteiger charge is -2.21. The number of methoxy groups -OCH3 is 1. The summed E-state index contributed by atoms with van der Waals surface area (Å²) in [5.41, 5.74) is -2.91. The van der Waals surface area contributed by atoms with Gasteiger partial charge in [0.05, 0.1) is 59.7 Å². The van der Waals surface area contributed by atoms with Gasteiger partial charge in [0.1, 0.15) is 11.2 Å². The zero-order valence-corrected chi connectivity index (χ0v) is 21.5. The maximum absolute atomic E-state index is 14.2. The first kappa shape index (κ1) is 28.8. The van der Waals surface area contributed by atoms with Gasteiger partial charge in [0.15, 0.2) is 0 Å². The highest BCUT2D eigenvalue weighted by molar-refractivity contribution is 6.31. The van der Waals surface area contributed by atoms with Crippen molar-refractivity contribution in [3.8, 4) is 6.01 Å². The number of carbonyl (C=O) groups excluding carboxylic acids is 2. The van der Waals surface area contributed by atoms with E-state index in [-0.39, 0.29) is 54.2 Å². The van der Waals surface area contributed by atoms with Crippen LogP contribution in [0, 0.1) is 11.2 Å². The molecule has 1 fully saturated rings. The highest BCUT2D eigenvalue weighted by Gasteiger charge is 2.41. The summed E-state index contributed by atoms with van der Waals surface area (Å²) in [6.07, 6.45) is 0.324. The number of alkyl halides is 3. The summed E-state index contributed by atoms with van der Waals surface area (Å²) in [4.78, 5) is 41.2. The standard InChI is InChI=1S/C25H21ClF4N6O4/c1-39-23-33-8-14(9-34-23)21(37)35-12-24(5-6-40-13-24)22(38)32-11-19-17(26)7-15(10-31-19)36-20-16(25(28,29)30)3-2-4-18(20)27/h2-4,7-10,12,36H,5-6,11,13H2,1H3,(H,32,38). The van der Waals surface area contributed by atoms with Crippen LogP contribution < -0.4 is 15.4 Å². The minimum Gasteiger partial charge on any atom is -0.467 e. The molecule has 2 amide bonds. The fourth-order valence-electron chi connectivity index (χ4n) is 3.75. The summed E-state index contributed by atoms with van der Waals surface area (Å²) >= 11 is 6.25. The number of nitrogens with zero attached hydrogens (tertiary/aromatic N) is 4. The van der Waals surface area contributed by atoms with Crippen molar-refractivity contribution in [1.29, 1.82) is 0 Å². The highest BCUT2D eigenvalue weighted by Crippen LogP contribution is 2.37. The molecule has 2 N–H and O–H groups in total. The van der Waals surface area contributed by atoms with Crippen molar-refractivity contribution in [1.82, 2.24) is 20.3 Å². The monoisotopic (exact) mass is 580 g/mol. The molecule has 1 atom stereocenters. The number of halogens is 5. The molecule has 1 saturated heterocycles. The van der Waals surface area contributed by atoms with Crippen LogP contribution in [0.15, 0.2) is 47.8 Å². The molecule has 2 aromatic heterocycles. The third-order valence-electron chi connectivity index (χ3n) is 5.91. The van der Waals surface area contributed by atoms with Crippen LogP contribution in [0.2, 0.25) is 5.02 Å². The number of amides is 2. The Hall–Kier alpha value is -4.17. The second kappa shape index (κ2) is 11.9. The lowest BCUT2D eigenvalue weighted by molar-refractivity contribution is -0.137. The number of ether oxygens (including phenoxy) is 2. The Kier molecular flexibility index (Phi) is 8.59. The van der Waals surface area contributed by atoms with Gasteiger partial charge in [-0.1, -0.05) is 17.7 Å². The molecule has 1 unspecified atom stereocenters. The van der Waals surface area contributed by atoms with Gasteiger partial charge in [-0.25, -0.2) is 19.4 Å². The van der Waals surface area contributed by atoms with Crippen LogP contribution in [0.25, 0.3) is 0 Å². The highest BCUT2D eigenvalue weighted by atomic mass is 35.5. The van der Waals surface area contributed by atoms with E-state index in [4.69, 9.17) is 21.1 Å². The van der Waals surface area contributed by atoms with Crippen molar-refractivity contribution in [3.63, 3.8) is 0 Å². The van der Waals surface area contributed by atoms with Crippen LogP contribution in [-0.4, -0.2) is 53.3 Å². The molecule has 0 saturated carbocycles. The van der Waals surface area contributed by atoms with Gasteiger partial charge in [0, 0.05) is 25.2 Å². The van der Waals surface area contributed by atoms with Crippen molar-refractivity contribution >= 4 is 41.0 Å². The van der Waals surface area contributed by atoms with E-state index in [1.54, 1.807) is 0 Å². The first-order valence-corrected chi connectivity index (χ1v) is 12.0. The number of benzene rings is 1. The lowest BCUT2D eigenvalue weighted by atomic mass is 9.87. The number of nitrogens with one attached hydrogen (secondary N) is 2. The number of rotatable bonds is 8. The number of carbonyl (C=O) groups is 2. The van der Waals surface area contributed by atoms with Crippen LogP contribution >= 0.6 is 11.6 Å². The number of para-hydroxylation sites is 1. The van der Waals surface area contributed by atoms with Crippen molar-refractivity contribution in [2.45, 2.75) is 19.1 Å². The van der Waals surface area contributed by atoms with Crippen molar-refractivity contribution in [2.24, 2.45) is 10.4 Å². The molecule has 3 aromatic rings. The van der Waals surface area contributed by atoms with Crippen LogP contribution in [0.5, 0.6) is 6.01 Å². The van der Waals surface area contributed by atoms with Gasteiger partial charge >= 0.3 is 12.2 Å². The number of hydrogen-bond acceptors (Lipinski definition) is 8. The molecule has 40 heavy (non-hydrogen) atoms. The minimum atomic E-state index is -4.79. The largest absolute Gasteiger partial charge is 0.467 e. The van der Waals surface area contributed by atoms with Gasteiger partial charge in [0.2, 0.25) is 5.91 Å². The van der Waals surface area contributed by atoms with E-state index in [0.717, 1.165) is 24.4 Å². The zero-order valence-electron chi connectivity index (χ0n) is 20.8. The quantitative estimate of drug-likeness (QED) is 0.297. The summed E-state index contributed by atoms with van der Waals surface area (Å²) in [5.74, 6) is -2.28. The molecule has 15 heteroatoms. The van der Waals surface area contributed by atoms with E-state index in [2.05, 4.69) is 30.6 Å². The Balaban J connectivity index is 1.44. The van der Waals surface area contributed by atoms with E-state index < -0.39 is 40.5 Å². The summed E-state index contributed by atoms with van der Waals surface area (Å²) in [5, 5.41) is 5.05. The predicted octanol–water partition coefficient (Wildman–Crippen LogP) is 4.37. The third-order valence-corrected chi connectivity index (χ3v) is 6.24. The van der Waals surface area contributed by atoms with E-state index in [1.807, 2.05) is 0 Å². The molecule has 1 aliphatic rings. The topological polar surface area (TPSA) is 128 Å². The first-order valence-electron chi connectivity index (χ1n) is 11.6. The Labute approximate surface area is 229 Å². The first-order chi connectivity index (χ1) is 19.0. The van der Waals surface area contributed by atoms with Crippen LogP contribution in [0.4, 0.5) is 28.9 Å². The van der Waals surface area contributed by atoms with Gasteiger partial charge in [-0.15, -0.1) is 0 Å². The van der Waals surface area contributed by atoms with E-state index in [9.17, 15) is 27.2 Å². The summed E-state index contributed by atoms with van der Waals surface area (Å²) in [6.45, 7) is 0.0822. The SMILES string of the molecule is COc1ncc(C(=O)N=CC2(C(=O)NCc3ncc(Nc4c(F)cccc4C(F)(F)F)cc3Cl)CCOC2)cn1. The predicted molar refractivity (Wildman–Crippen MR) is 135 cm³/mol. The van der Waals surface area contributed by atoms with Crippen molar-refractivity contribution < 1.29 is 36.6 Å². The summed E-state index contributed by atoms with van der Waals surface area (Å²) in [6, 6.07) is 3.93. The number of pyridine rings is 1. The molecule has 10 nitrogen and oxygen atoms in total. The third kappa shape index (κ3) is 6.51. The van der Waals surface area contributed by atoms with Gasteiger partial charge in [-0.05, 0) is 24.6 Å². The number of anilines is 2. The maximum Gasteiger partial charge on any atom is 0.418 e. The molecule has 0 aliphatic carbocycles. The van der Waals surface area contributed by atoms with E-state index in [1.165, 1.54) is 31.8 Å². The van der Waals surface area contributed by atoms with Crippen LogP contribution in [0.3, 0.4) is 0 Å². The fourth-order valence-corrected chi connectivity index (χ4v) is 3.98. The van der Waals surface area contributed by atoms with Crippen molar-refractivity contribution in [3.05, 3.63) is 70.5 Å². The normalized spacial score (nSPS) is 17.1. The van der Waals surface area contributed by atoms with Crippen molar-refractivity contribution in [2.75, 3.05) is 25.6 Å². The van der Waals surface area contributed by atoms with Gasteiger partial charge in [0.25, 0.3) is 5.91 Å². The zero-order chi connectivity index (χ0) is 28.9. The number of aliphatic imine (C=N–C) groups is 1. The number of hydrogen-bond donors (Lipinski definition) is 2. The molecular weight excluding hydrogens is 560 g/mol. The lowest BCUT2D eigenvalue weighted by Crippen LogP contribution is -2.42. The van der Waals surface area contributed by atoms with Crippen LogP contribution in [-0.2, 0) is 22.3 Å². The fraction of sp³-hybridized carbons (Fsp3) is 0.280. The Bertz CT molecular complexity index is 1430. The summed E-state index contributed by atoms with van der Waals surface area (Å²) < 4.78 is 64.3.